The van der Waals surface area contributed by atoms with Gasteiger partial charge in [0.05, 0.1) is 18.1 Å². The lowest BCUT2D eigenvalue weighted by Gasteiger charge is -1.99. The zero-order chi connectivity index (χ0) is 11.7. The molecule has 0 saturated carbocycles. The van der Waals surface area contributed by atoms with E-state index in [-0.39, 0.29) is 5.88 Å². The first-order chi connectivity index (χ1) is 8.36. The van der Waals surface area contributed by atoms with Crippen LogP contribution < -0.4 is 5.73 Å². The first-order valence-corrected chi connectivity index (χ1v) is 5.04. The van der Waals surface area contributed by atoms with Crippen LogP contribution in [-0.4, -0.2) is 10.1 Å². The highest BCUT2D eigenvalue weighted by Crippen LogP contribution is 2.35. The molecular weight excluding hydrogens is 218 g/mol. The molecular formula is C12H9N3O2. The van der Waals surface area contributed by atoms with Gasteiger partial charge in [0.25, 0.3) is 0 Å². The van der Waals surface area contributed by atoms with E-state index in [0.717, 1.165) is 16.7 Å². The van der Waals surface area contributed by atoms with E-state index in [9.17, 15) is 0 Å². The summed E-state index contributed by atoms with van der Waals surface area (Å²) in [5, 5.41) is 3.95. The van der Waals surface area contributed by atoms with Crippen LogP contribution in [0.3, 0.4) is 0 Å². The number of pyridine rings is 1. The van der Waals surface area contributed by atoms with Crippen LogP contribution in [0.15, 0.2) is 52.1 Å². The molecule has 3 heterocycles. The highest BCUT2D eigenvalue weighted by atomic mass is 16.5. The summed E-state index contributed by atoms with van der Waals surface area (Å²) in [5.74, 6) is 0.272. The predicted octanol–water partition coefficient (Wildman–Crippen LogP) is 2.58. The first-order valence-electron chi connectivity index (χ1n) is 5.04. The van der Waals surface area contributed by atoms with Gasteiger partial charge in [0.2, 0.25) is 5.88 Å². The topological polar surface area (TPSA) is 78.1 Å². The molecule has 5 heteroatoms. The van der Waals surface area contributed by atoms with E-state index >= 15 is 0 Å². The van der Waals surface area contributed by atoms with Crippen LogP contribution in [0.2, 0.25) is 0 Å². The zero-order valence-electron chi connectivity index (χ0n) is 8.83. The van der Waals surface area contributed by atoms with E-state index in [1.807, 2.05) is 12.1 Å². The molecule has 0 aromatic carbocycles. The summed E-state index contributed by atoms with van der Waals surface area (Å²) in [6, 6.07) is 5.54. The third-order valence-electron chi connectivity index (χ3n) is 2.46. The minimum absolute atomic E-state index is 0.272. The highest BCUT2D eigenvalue weighted by Gasteiger charge is 2.17. The van der Waals surface area contributed by atoms with Crippen molar-refractivity contribution in [2.75, 3.05) is 5.73 Å². The number of furan rings is 1. The number of hydrogen-bond donors (Lipinski definition) is 1. The van der Waals surface area contributed by atoms with Crippen molar-refractivity contribution in [1.29, 1.82) is 0 Å². The molecule has 0 amide bonds. The van der Waals surface area contributed by atoms with Gasteiger partial charge in [-0.05, 0) is 12.1 Å². The second-order valence-electron chi connectivity index (χ2n) is 3.52. The van der Waals surface area contributed by atoms with Crippen LogP contribution in [0.4, 0.5) is 5.88 Å². The molecule has 0 atom stereocenters. The second-order valence-corrected chi connectivity index (χ2v) is 3.52. The van der Waals surface area contributed by atoms with Crippen LogP contribution in [0.25, 0.3) is 22.4 Å². The van der Waals surface area contributed by atoms with Crippen LogP contribution >= 0.6 is 0 Å². The van der Waals surface area contributed by atoms with Gasteiger partial charge in [0.15, 0.2) is 0 Å². The van der Waals surface area contributed by atoms with E-state index in [1.54, 1.807) is 31.0 Å². The van der Waals surface area contributed by atoms with Crippen molar-refractivity contribution in [1.82, 2.24) is 10.1 Å². The molecule has 0 aliphatic carbocycles. The summed E-state index contributed by atoms with van der Waals surface area (Å²) >= 11 is 0. The first kappa shape index (κ1) is 9.65. The Labute approximate surface area is 96.9 Å². The minimum atomic E-state index is 0.272. The Morgan fingerprint density at radius 1 is 1.18 bits per heavy atom. The number of hydrogen-bond acceptors (Lipinski definition) is 5. The van der Waals surface area contributed by atoms with Gasteiger partial charge in [-0.1, -0.05) is 11.2 Å². The van der Waals surface area contributed by atoms with Gasteiger partial charge < -0.3 is 14.7 Å². The quantitative estimate of drug-likeness (QED) is 0.727. The number of nitrogen functional groups attached to an aromatic ring is 1. The third kappa shape index (κ3) is 1.57. The van der Waals surface area contributed by atoms with E-state index < -0.39 is 0 Å². The molecule has 0 spiro atoms. The molecule has 0 bridgehead atoms. The van der Waals surface area contributed by atoms with Gasteiger partial charge >= 0.3 is 0 Å². The number of aromatic nitrogens is 2. The lowest BCUT2D eigenvalue weighted by molar-refractivity contribution is 0.439. The maximum Gasteiger partial charge on any atom is 0.230 e. The van der Waals surface area contributed by atoms with Gasteiger partial charge in [0.1, 0.15) is 5.69 Å². The van der Waals surface area contributed by atoms with Crippen LogP contribution in [0.5, 0.6) is 0 Å². The van der Waals surface area contributed by atoms with Crippen molar-refractivity contribution >= 4 is 5.88 Å². The Hall–Kier alpha value is -2.56. The molecule has 0 radical (unpaired) electrons. The van der Waals surface area contributed by atoms with Crippen LogP contribution in [0.1, 0.15) is 0 Å². The summed E-state index contributed by atoms with van der Waals surface area (Å²) in [6.07, 6.45) is 6.58. The average Bonchev–Trinajstić information content (AvgIpc) is 2.98. The van der Waals surface area contributed by atoms with Crippen molar-refractivity contribution in [3.8, 4) is 22.4 Å². The second kappa shape index (κ2) is 3.79. The van der Waals surface area contributed by atoms with E-state index in [4.69, 9.17) is 14.7 Å². The van der Waals surface area contributed by atoms with Gasteiger partial charge in [-0.2, -0.15) is 0 Å². The van der Waals surface area contributed by atoms with Gasteiger partial charge in [-0.25, -0.2) is 0 Å². The van der Waals surface area contributed by atoms with Crippen LogP contribution in [-0.2, 0) is 0 Å². The van der Waals surface area contributed by atoms with Gasteiger partial charge in [-0.15, -0.1) is 0 Å². The monoisotopic (exact) mass is 227 g/mol. The van der Waals surface area contributed by atoms with Crippen LogP contribution in [0, 0.1) is 0 Å². The van der Waals surface area contributed by atoms with E-state index in [2.05, 4.69) is 10.1 Å². The van der Waals surface area contributed by atoms with Crippen molar-refractivity contribution < 1.29 is 8.94 Å². The number of rotatable bonds is 2. The van der Waals surface area contributed by atoms with Crippen molar-refractivity contribution in [3.05, 3.63) is 43.1 Å². The Morgan fingerprint density at radius 3 is 2.82 bits per heavy atom. The Kier molecular flexibility index (Phi) is 2.15. The Balaban J connectivity index is 2.20. The molecule has 0 saturated heterocycles. The van der Waals surface area contributed by atoms with Crippen molar-refractivity contribution in [2.45, 2.75) is 0 Å². The van der Waals surface area contributed by atoms with Crippen molar-refractivity contribution in [3.63, 3.8) is 0 Å². The predicted molar refractivity (Wildman–Crippen MR) is 61.8 cm³/mol. The Morgan fingerprint density at radius 2 is 2.12 bits per heavy atom. The lowest BCUT2D eigenvalue weighted by atomic mass is 10.0. The fourth-order valence-electron chi connectivity index (χ4n) is 1.69. The minimum Gasteiger partial charge on any atom is -0.472 e. The average molecular weight is 227 g/mol. The standard InChI is InChI=1S/C12H9N3O2/c13-12-10(8-2-1-4-14-6-8)11(15-17-12)9-3-5-16-7-9/h1-7H,13H2. The molecule has 0 aliphatic heterocycles. The molecule has 0 aliphatic rings. The fraction of sp³-hybridized carbons (Fsp3) is 0. The zero-order valence-corrected chi connectivity index (χ0v) is 8.83. The molecule has 0 unspecified atom stereocenters. The number of anilines is 1. The molecule has 17 heavy (non-hydrogen) atoms. The largest absolute Gasteiger partial charge is 0.472 e. The normalized spacial score (nSPS) is 10.6. The maximum absolute atomic E-state index is 5.79. The summed E-state index contributed by atoms with van der Waals surface area (Å²) in [6.45, 7) is 0. The van der Waals surface area contributed by atoms with Gasteiger partial charge in [-0.3, -0.25) is 4.98 Å². The lowest BCUT2D eigenvalue weighted by Crippen LogP contribution is -1.87. The molecule has 3 rings (SSSR count). The fourth-order valence-corrected chi connectivity index (χ4v) is 1.69. The van der Waals surface area contributed by atoms with E-state index in [1.165, 1.54) is 0 Å². The smallest absolute Gasteiger partial charge is 0.230 e. The Bertz CT molecular complexity index is 615. The number of nitrogens with zero attached hydrogens (tertiary/aromatic N) is 2. The summed E-state index contributed by atoms with van der Waals surface area (Å²) in [5.41, 5.74) is 8.87. The highest BCUT2D eigenvalue weighted by molar-refractivity contribution is 5.86. The molecule has 0 fully saturated rings. The summed E-state index contributed by atoms with van der Waals surface area (Å²) in [4.78, 5) is 4.06. The van der Waals surface area contributed by atoms with E-state index in [0.29, 0.717) is 5.69 Å². The molecule has 5 nitrogen and oxygen atoms in total. The molecule has 3 aromatic rings. The number of nitrogens with two attached hydrogens (primary N) is 1. The third-order valence-corrected chi connectivity index (χ3v) is 2.46. The van der Waals surface area contributed by atoms with Gasteiger partial charge in [0, 0.05) is 23.5 Å². The van der Waals surface area contributed by atoms with Crippen molar-refractivity contribution in [2.24, 2.45) is 0 Å². The maximum atomic E-state index is 5.79. The molecule has 2 N–H and O–H groups in total. The summed E-state index contributed by atoms with van der Waals surface area (Å²) < 4.78 is 10.1. The molecule has 3 aromatic heterocycles. The molecule has 84 valence electrons. The summed E-state index contributed by atoms with van der Waals surface area (Å²) in [7, 11) is 0. The SMILES string of the molecule is Nc1onc(-c2ccoc2)c1-c1cccnc1.